The van der Waals surface area contributed by atoms with Crippen LogP contribution in [-0.2, 0) is 14.2 Å². The van der Waals surface area contributed by atoms with E-state index in [0.29, 0.717) is 32.8 Å². The van der Waals surface area contributed by atoms with Gasteiger partial charge in [-0.25, -0.2) is 13.6 Å². The summed E-state index contributed by atoms with van der Waals surface area (Å²) >= 11 is 0. The van der Waals surface area contributed by atoms with Crippen molar-refractivity contribution in [2.45, 2.75) is 24.4 Å². The molecule has 9 nitrogen and oxygen atoms in total. The van der Waals surface area contributed by atoms with Gasteiger partial charge in [0.15, 0.2) is 0 Å². The van der Waals surface area contributed by atoms with Crippen molar-refractivity contribution in [1.29, 1.82) is 0 Å². The van der Waals surface area contributed by atoms with Crippen molar-refractivity contribution < 1.29 is 32.9 Å². The Bertz CT molecular complexity index is 850. The van der Waals surface area contributed by atoms with E-state index in [4.69, 9.17) is 14.2 Å². The van der Waals surface area contributed by atoms with Crippen molar-refractivity contribution in [3.05, 3.63) is 29.8 Å². The van der Waals surface area contributed by atoms with Crippen LogP contribution in [-0.4, -0.2) is 130 Å². The molecule has 3 heterocycles. The summed E-state index contributed by atoms with van der Waals surface area (Å²) in [6.07, 6.45) is -2.29. The lowest BCUT2D eigenvalue weighted by Crippen LogP contribution is -2.64. The van der Waals surface area contributed by atoms with Crippen molar-refractivity contribution >= 4 is 11.8 Å². The molecule has 1 N–H and O–H groups in total. The number of nitrogens with zero attached hydrogens (tertiary/aromatic N) is 4. The number of hydrogen-bond donors (Lipinski definition) is 1. The molecule has 3 aliphatic heterocycles. The summed E-state index contributed by atoms with van der Waals surface area (Å²) in [5.74, 6) is -1.34. The van der Waals surface area contributed by atoms with Gasteiger partial charge in [-0.15, -0.1) is 0 Å². The van der Waals surface area contributed by atoms with Crippen molar-refractivity contribution in [3.63, 3.8) is 0 Å². The van der Waals surface area contributed by atoms with E-state index < -0.39 is 36.0 Å². The number of ether oxygens (including phenoxy) is 3. The third-order valence-electron chi connectivity index (χ3n) is 6.71. The van der Waals surface area contributed by atoms with E-state index in [1.54, 1.807) is 4.90 Å². The number of halogens is 2. The fourth-order valence-corrected chi connectivity index (χ4v) is 4.77. The Hall–Kier alpha value is -2.05. The molecule has 0 aliphatic carbocycles. The van der Waals surface area contributed by atoms with Crippen LogP contribution in [0.5, 0.6) is 0 Å². The number of carbonyl (C=O) groups excluding carboxylic acids is 1. The molecule has 1 aromatic rings. The first kappa shape index (κ1) is 25.1. The number of morpholine rings is 2. The minimum atomic E-state index is -1.02. The number of carbonyl (C=O) groups is 1. The lowest BCUT2D eigenvalue weighted by Gasteiger charge is -2.46. The van der Waals surface area contributed by atoms with Gasteiger partial charge in [0.25, 0.3) is 0 Å². The molecule has 1 amide bonds. The van der Waals surface area contributed by atoms with Gasteiger partial charge >= 0.3 is 6.09 Å². The largest absolute Gasteiger partial charge is 0.447 e. The molecule has 0 saturated carbocycles. The van der Waals surface area contributed by atoms with Gasteiger partial charge in [0, 0.05) is 51.9 Å². The van der Waals surface area contributed by atoms with Gasteiger partial charge in [0.05, 0.1) is 31.0 Å². The van der Waals surface area contributed by atoms with Gasteiger partial charge in [-0.05, 0) is 26.2 Å². The van der Waals surface area contributed by atoms with E-state index >= 15 is 0 Å². The molecule has 3 aliphatic rings. The Labute approximate surface area is 198 Å². The van der Waals surface area contributed by atoms with E-state index in [2.05, 4.69) is 9.80 Å². The zero-order valence-corrected chi connectivity index (χ0v) is 19.7. The number of rotatable bonds is 5. The molecule has 34 heavy (non-hydrogen) atoms. The monoisotopic (exact) mass is 484 g/mol. The van der Waals surface area contributed by atoms with Crippen LogP contribution in [0.3, 0.4) is 0 Å². The van der Waals surface area contributed by atoms with Crippen LogP contribution in [0.25, 0.3) is 0 Å². The van der Waals surface area contributed by atoms with Gasteiger partial charge in [0.2, 0.25) is 0 Å². The summed E-state index contributed by atoms with van der Waals surface area (Å²) in [6, 6.07) is 2.72. The Balaban J connectivity index is 1.48. The predicted octanol–water partition coefficient (Wildman–Crippen LogP) is 0.614. The van der Waals surface area contributed by atoms with Crippen molar-refractivity contribution in [3.8, 4) is 0 Å². The molecule has 4 atom stereocenters. The standard InChI is InChI=1S/C23H34F2N4O5/c1-26-7-9-32-17(12-26)15-34-23(31)29-6-5-28(19-4-3-16(24)11-18(19)25)13-20(29)22(30)21-14-27(2)8-10-33-21/h3-4,11,17,20-22,30H,5-10,12-15H2,1-2H3/t17-,20?,21-,22?/m0/s1. The average molecular weight is 485 g/mol. The summed E-state index contributed by atoms with van der Waals surface area (Å²) < 4.78 is 45.0. The number of hydrogen-bond acceptors (Lipinski definition) is 8. The number of amides is 1. The smallest absolute Gasteiger partial charge is 0.410 e. The van der Waals surface area contributed by atoms with Gasteiger partial charge in [0.1, 0.15) is 30.4 Å². The van der Waals surface area contributed by atoms with Crippen LogP contribution in [0.15, 0.2) is 18.2 Å². The molecular formula is C23H34F2N4O5. The molecule has 190 valence electrons. The van der Waals surface area contributed by atoms with E-state index in [1.807, 2.05) is 14.1 Å². The zero-order chi connectivity index (χ0) is 24.2. The number of aliphatic hydroxyl groups is 1. The van der Waals surface area contributed by atoms with Crippen LogP contribution in [0.1, 0.15) is 0 Å². The highest BCUT2D eigenvalue weighted by atomic mass is 19.1. The van der Waals surface area contributed by atoms with Gasteiger partial charge < -0.3 is 34.0 Å². The second-order valence-corrected chi connectivity index (χ2v) is 9.30. The van der Waals surface area contributed by atoms with E-state index in [-0.39, 0.29) is 31.5 Å². The van der Waals surface area contributed by atoms with Crippen LogP contribution in [0, 0.1) is 11.6 Å². The average Bonchev–Trinajstić information content (AvgIpc) is 2.82. The summed E-state index contributed by atoms with van der Waals surface area (Å²) in [5.41, 5.74) is 0.229. The second kappa shape index (κ2) is 11.1. The molecule has 0 radical (unpaired) electrons. The fraction of sp³-hybridized carbons (Fsp3) is 0.696. The molecule has 0 bridgehead atoms. The molecule has 0 aromatic heterocycles. The molecule has 0 spiro atoms. The fourth-order valence-electron chi connectivity index (χ4n) is 4.77. The first-order valence-corrected chi connectivity index (χ1v) is 11.7. The van der Waals surface area contributed by atoms with Crippen LogP contribution < -0.4 is 4.90 Å². The van der Waals surface area contributed by atoms with Crippen LogP contribution >= 0.6 is 0 Å². The van der Waals surface area contributed by atoms with Crippen molar-refractivity contribution in [2.75, 3.05) is 84.6 Å². The first-order chi connectivity index (χ1) is 16.3. The number of benzene rings is 1. The zero-order valence-electron chi connectivity index (χ0n) is 19.7. The maximum Gasteiger partial charge on any atom is 0.410 e. The summed E-state index contributed by atoms with van der Waals surface area (Å²) in [5, 5.41) is 11.3. The summed E-state index contributed by atoms with van der Waals surface area (Å²) in [7, 11) is 3.93. The molecule has 11 heteroatoms. The Morgan fingerprint density at radius 3 is 2.53 bits per heavy atom. The lowest BCUT2D eigenvalue weighted by molar-refractivity contribution is -0.108. The quantitative estimate of drug-likeness (QED) is 0.652. The maximum absolute atomic E-state index is 14.5. The number of anilines is 1. The summed E-state index contributed by atoms with van der Waals surface area (Å²) in [4.78, 5) is 20.4. The third kappa shape index (κ3) is 5.95. The second-order valence-electron chi connectivity index (χ2n) is 9.30. The Kier molecular flexibility index (Phi) is 8.20. The highest BCUT2D eigenvalue weighted by Crippen LogP contribution is 2.26. The van der Waals surface area contributed by atoms with Crippen LogP contribution in [0.4, 0.5) is 19.3 Å². The van der Waals surface area contributed by atoms with E-state index in [1.165, 1.54) is 17.0 Å². The maximum atomic E-state index is 14.5. The molecule has 3 fully saturated rings. The highest BCUT2D eigenvalue weighted by Gasteiger charge is 2.41. The molecule has 2 unspecified atom stereocenters. The van der Waals surface area contributed by atoms with Crippen LogP contribution in [0.2, 0.25) is 0 Å². The molecule has 3 saturated heterocycles. The number of piperazine rings is 1. The van der Waals surface area contributed by atoms with Crippen molar-refractivity contribution in [2.24, 2.45) is 0 Å². The van der Waals surface area contributed by atoms with Gasteiger partial charge in [-0.1, -0.05) is 0 Å². The lowest BCUT2D eigenvalue weighted by atomic mass is 9.99. The normalized spacial score (nSPS) is 28.1. The first-order valence-electron chi connectivity index (χ1n) is 11.7. The minimum absolute atomic E-state index is 0.113. The van der Waals surface area contributed by atoms with Gasteiger partial charge in [-0.2, -0.15) is 0 Å². The molecule has 4 rings (SSSR count). The van der Waals surface area contributed by atoms with Gasteiger partial charge in [-0.3, -0.25) is 4.90 Å². The predicted molar refractivity (Wildman–Crippen MR) is 121 cm³/mol. The number of aliphatic hydroxyl groups excluding tert-OH is 1. The topological polar surface area (TPSA) is 78.0 Å². The molecule has 1 aromatic carbocycles. The highest BCUT2D eigenvalue weighted by molar-refractivity contribution is 5.69. The SMILES string of the molecule is CN1CCO[C@H](COC(=O)N2CCN(c3ccc(F)cc3F)CC2C(O)[C@@H]2CN(C)CCO2)C1. The van der Waals surface area contributed by atoms with E-state index in [9.17, 15) is 18.7 Å². The summed E-state index contributed by atoms with van der Waals surface area (Å²) in [6.45, 7) is 4.60. The Morgan fingerprint density at radius 2 is 1.82 bits per heavy atom. The number of likely N-dealkylation sites (N-methyl/N-ethyl adjacent to an activating group) is 2. The Morgan fingerprint density at radius 1 is 1.09 bits per heavy atom. The van der Waals surface area contributed by atoms with E-state index in [0.717, 1.165) is 19.2 Å². The molecular weight excluding hydrogens is 450 g/mol. The third-order valence-corrected chi connectivity index (χ3v) is 6.71. The minimum Gasteiger partial charge on any atom is -0.447 e. The van der Waals surface area contributed by atoms with Crippen molar-refractivity contribution in [1.82, 2.24) is 14.7 Å².